The van der Waals surface area contributed by atoms with Crippen LogP contribution in [0, 0.1) is 0 Å². The highest BCUT2D eigenvalue weighted by Gasteiger charge is 2.05. The fourth-order valence-corrected chi connectivity index (χ4v) is 4.71. The Kier molecular flexibility index (Phi) is 10.2. The molecule has 4 rings (SSSR count). The maximum atomic E-state index is 5.65. The van der Waals surface area contributed by atoms with E-state index in [0.717, 1.165) is 32.5 Å². The lowest BCUT2D eigenvalue weighted by atomic mass is 10.2. The van der Waals surface area contributed by atoms with Gasteiger partial charge >= 0.3 is 0 Å². The van der Waals surface area contributed by atoms with Crippen LogP contribution in [0.15, 0.2) is 71.4 Å². The highest BCUT2D eigenvalue weighted by atomic mass is 32.1. The van der Waals surface area contributed by atoms with Crippen molar-refractivity contribution in [2.24, 2.45) is 0 Å². The van der Waals surface area contributed by atoms with Gasteiger partial charge in [-0.2, -0.15) is 0 Å². The molecule has 178 valence electrons. The molecule has 0 saturated carbocycles. The van der Waals surface area contributed by atoms with Gasteiger partial charge in [-0.15, -0.1) is 22.7 Å². The van der Waals surface area contributed by atoms with Crippen molar-refractivity contribution in [3.05, 3.63) is 82.8 Å². The molecule has 0 aliphatic rings. The number of rotatable bonds is 15. The Morgan fingerprint density at radius 1 is 0.500 bits per heavy atom. The van der Waals surface area contributed by atoms with E-state index in [1.807, 2.05) is 47.2 Å². The third-order valence-corrected chi connectivity index (χ3v) is 6.64. The van der Waals surface area contributed by atoms with Crippen molar-refractivity contribution in [2.45, 2.75) is 13.2 Å². The summed E-state index contributed by atoms with van der Waals surface area (Å²) in [7, 11) is 0. The average molecular weight is 497 g/mol. The topological polar surface area (TPSA) is 62.7 Å². The van der Waals surface area contributed by atoms with Gasteiger partial charge in [0.1, 0.15) is 10.0 Å². The summed E-state index contributed by atoms with van der Waals surface area (Å²) < 4.78 is 22.4. The van der Waals surface area contributed by atoms with E-state index in [4.69, 9.17) is 18.9 Å². The zero-order valence-corrected chi connectivity index (χ0v) is 20.6. The fraction of sp³-hybridized carbons (Fsp3) is 0.308. The molecule has 0 aliphatic heterocycles. The first-order valence-electron chi connectivity index (χ1n) is 11.2. The van der Waals surface area contributed by atoms with Crippen molar-refractivity contribution in [1.29, 1.82) is 0 Å². The Balaban J connectivity index is 0.970. The number of thiazole rings is 2. The van der Waals surface area contributed by atoms with Crippen LogP contribution in [-0.4, -0.2) is 49.6 Å². The minimum absolute atomic E-state index is 0.492. The van der Waals surface area contributed by atoms with Gasteiger partial charge < -0.3 is 18.9 Å². The normalized spacial score (nSPS) is 11.2. The van der Waals surface area contributed by atoms with Gasteiger partial charge in [0.05, 0.1) is 64.2 Å². The summed E-state index contributed by atoms with van der Waals surface area (Å²) in [6.45, 7) is 4.17. The van der Waals surface area contributed by atoms with Crippen molar-refractivity contribution < 1.29 is 18.9 Å². The van der Waals surface area contributed by atoms with E-state index in [1.54, 1.807) is 22.7 Å². The number of benzene rings is 2. The first-order valence-corrected chi connectivity index (χ1v) is 12.9. The van der Waals surface area contributed by atoms with Crippen molar-refractivity contribution in [3.63, 3.8) is 0 Å². The van der Waals surface area contributed by atoms with Crippen LogP contribution in [-0.2, 0) is 32.2 Å². The molecule has 0 saturated heterocycles. The molecule has 0 unspecified atom stereocenters. The maximum absolute atomic E-state index is 5.65. The van der Waals surface area contributed by atoms with Crippen molar-refractivity contribution in [2.75, 3.05) is 39.6 Å². The molecule has 6 nitrogen and oxygen atoms in total. The Labute approximate surface area is 208 Å². The quantitative estimate of drug-likeness (QED) is 0.197. The van der Waals surface area contributed by atoms with E-state index in [1.165, 1.54) is 0 Å². The second kappa shape index (κ2) is 14.1. The molecule has 0 bridgehead atoms. The van der Waals surface area contributed by atoms with E-state index in [0.29, 0.717) is 52.9 Å². The van der Waals surface area contributed by atoms with E-state index in [9.17, 15) is 0 Å². The van der Waals surface area contributed by atoms with Gasteiger partial charge in [0, 0.05) is 21.9 Å². The largest absolute Gasteiger partial charge is 0.377 e. The zero-order valence-electron chi connectivity index (χ0n) is 18.9. The molecule has 0 N–H and O–H groups in total. The second-order valence-corrected chi connectivity index (χ2v) is 9.07. The van der Waals surface area contributed by atoms with Gasteiger partial charge in [0.25, 0.3) is 0 Å². The van der Waals surface area contributed by atoms with E-state index in [2.05, 4.69) is 34.2 Å². The molecule has 0 atom stereocenters. The minimum Gasteiger partial charge on any atom is -0.377 e. The van der Waals surface area contributed by atoms with Crippen LogP contribution in [0.4, 0.5) is 0 Å². The monoisotopic (exact) mass is 496 g/mol. The summed E-state index contributed by atoms with van der Waals surface area (Å²) in [5, 5.41) is 6.10. The molecule has 0 spiro atoms. The van der Waals surface area contributed by atoms with E-state index >= 15 is 0 Å². The lowest BCUT2D eigenvalue weighted by Gasteiger charge is -2.06. The van der Waals surface area contributed by atoms with Crippen molar-refractivity contribution >= 4 is 22.7 Å². The SMILES string of the molecule is c1ccc(-c2nc(COCCOCCOCCOCc3csc(-c4ccccc4)n3)cs2)cc1. The number of ether oxygens (including phenoxy) is 4. The molecule has 4 aromatic rings. The summed E-state index contributed by atoms with van der Waals surface area (Å²) >= 11 is 3.26. The molecule has 2 aromatic heterocycles. The van der Waals surface area contributed by atoms with Crippen LogP contribution in [0.5, 0.6) is 0 Å². The van der Waals surface area contributed by atoms with Gasteiger partial charge in [-0.05, 0) is 0 Å². The Hall–Kier alpha value is -2.46. The van der Waals surface area contributed by atoms with Crippen LogP contribution in [0.25, 0.3) is 21.1 Å². The highest BCUT2D eigenvalue weighted by Crippen LogP contribution is 2.24. The standard InChI is InChI=1S/C26H28N2O4S2/c1-3-7-21(8-4-1)25-27-23(19-33-25)17-31-15-13-29-11-12-30-14-16-32-18-24-20-34-26(28-24)22-9-5-2-6-10-22/h1-10,19-20H,11-18H2. The number of hydrogen-bond acceptors (Lipinski definition) is 8. The predicted molar refractivity (Wildman–Crippen MR) is 136 cm³/mol. The summed E-state index contributed by atoms with van der Waals surface area (Å²) in [5.41, 5.74) is 4.16. The molecule has 0 fully saturated rings. The molecule has 34 heavy (non-hydrogen) atoms. The Bertz CT molecular complexity index is 999. The van der Waals surface area contributed by atoms with Gasteiger partial charge in [0.15, 0.2) is 0 Å². The molecular formula is C26H28N2O4S2. The second-order valence-electron chi connectivity index (χ2n) is 7.35. The van der Waals surface area contributed by atoms with Gasteiger partial charge in [0.2, 0.25) is 0 Å². The third kappa shape index (κ3) is 8.09. The van der Waals surface area contributed by atoms with Crippen LogP contribution < -0.4 is 0 Å². The smallest absolute Gasteiger partial charge is 0.123 e. The molecule has 0 radical (unpaired) electrons. The minimum atomic E-state index is 0.492. The summed E-state index contributed by atoms with van der Waals surface area (Å²) in [5.74, 6) is 0. The Morgan fingerprint density at radius 3 is 1.29 bits per heavy atom. The lowest BCUT2D eigenvalue weighted by Crippen LogP contribution is -2.12. The maximum Gasteiger partial charge on any atom is 0.123 e. The number of hydrogen-bond donors (Lipinski definition) is 0. The van der Waals surface area contributed by atoms with Crippen LogP contribution in [0.2, 0.25) is 0 Å². The van der Waals surface area contributed by atoms with Crippen LogP contribution in [0.3, 0.4) is 0 Å². The molecule has 2 aromatic carbocycles. The van der Waals surface area contributed by atoms with Gasteiger partial charge in [-0.3, -0.25) is 0 Å². The van der Waals surface area contributed by atoms with Crippen molar-refractivity contribution in [1.82, 2.24) is 9.97 Å². The van der Waals surface area contributed by atoms with Crippen LogP contribution >= 0.6 is 22.7 Å². The first kappa shape index (κ1) is 24.7. The summed E-state index contributed by atoms with van der Waals surface area (Å²) in [6, 6.07) is 20.3. The molecule has 2 heterocycles. The lowest BCUT2D eigenvalue weighted by molar-refractivity contribution is -0.00668. The zero-order chi connectivity index (χ0) is 23.3. The first-order chi connectivity index (χ1) is 16.9. The molecule has 0 amide bonds. The van der Waals surface area contributed by atoms with Gasteiger partial charge in [-0.1, -0.05) is 60.7 Å². The van der Waals surface area contributed by atoms with Crippen LogP contribution in [0.1, 0.15) is 11.4 Å². The number of nitrogens with zero attached hydrogens (tertiary/aromatic N) is 2. The highest BCUT2D eigenvalue weighted by molar-refractivity contribution is 7.13. The van der Waals surface area contributed by atoms with Crippen molar-refractivity contribution in [3.8, 4) is 21.1 Å². The molecule has 0 aliphatic carbocycles. The van der Waals surface area contributed by atoms with E-state index in [-0.39, 0.29) is 0 Å². The third-order valence-electron chi connectivity index (χ3n) is 4.76. The van der Waals surface area contributed by atoms with Gasteiger partial charge in [-0.25, -0.2) is 9.97 Å². The fourth-order valence-electron chi connectivity index (χ4n) is 3.08. The Morgan fingerprint density at radius 2 is 0.882 bits per heavy atom. The van der Waals surface area contributed by atoms with E-state index < -0.39 is 0 Å². The average Bonchev–Trinajstić information content (AvgIpc) is 3.56. The predicted octanol–water partition coefficient (Wildman–Crippen LogP) is 5.70. The summed E-state index contributed by atoms with van der Waals surface area (Å²) in [6.07, 6.45) is 0. The summed E-state index contributed by atoms with van der Waals surface area (Å²) in [4.78, 5) is 9.23. The molecular weight excluding hydrogens is 468 g/mol. The molecule has 8 heteroatoms. The number of aromatic nitrogens is 2.